The van der Waals surface area contributed by atoms with Gasteiger partial charge in [0.15, 0.2) is 0 Å². The number of halogens is 3. The van der Waals surface area contributed by atoms with Crippen LogP contribution in [0.3, 0.4) is 0 Å². The van der Waals surface area contributed by atoms with Crippen LogP contribution in [0, 0.1) is 6.92 Å². The smallest absolute Gasteiger partial charge is 0.336 e. The minimum absolute atomic E-state index is 0.0412. The average molecular weight is 288 g/mol. The highest BCUT2D eigenvalue weighted by Gasteiger charge is 2.31. The summed E-state index contributed by atoms with van der Waals surface area (Å²) >= 11 is 0. The topological polar surface area (TPSA) is 23.6 Å². The number of amides is 1. The van der Waals surface area contributed by atoms with Crippen LogP contribution in [0.5, 0.6) is 0 Å². The fourth-order valence-electron chi connectivity index (χ4n) is 1.77. The summed E-state index contributed by atoms with van der Waals surface area (Å²) in [6.07, 6.45) is -4.36. The van der Waals surface area contributed by atoms with Crippen LogP contribution in [0.25, 0.3) is 0 Å². The molecule has 3 nitrogen and oxygen atoms in total. The second kappa shape index (κ2) is 6.74. The van der Waals surface area contributed by atoms with Crippen molar-refractivity contribution in [3.05, 3.63) is 35.4 Å². The molecule has 0 heterocycles. The van der Waals surface area contributed by atoms with Crippen LogP contribution in [-0.4, -0.2) is 49.1 Å². The lowest BCUT2D eigenvalue weighted by molar-refractivity contribution is -0.158. The van der Waals surface area contributed by atoms with Crippen molar-refractivity contribution < 1.29 is 18.0 Å². The molecule has 0 N–H and O–H groups in total. The maximum absolute atomic E-state index is 12.2. The molecule has 0 saturated heterocycles. The number of hydrogen-bond donors (Lipinski definition) is 0. The van der Waals surface area contributed by atoms with E-state index in [1.807, 2.05) is 31.2 Å². The molecule has 0 saturated carbocycles. The van der Waals surface area contributed by atoms with E-state index in [2.05, 4.69) is 0 Å². The first kappa shape index (κ1) is 16.5. The molecule has 0 aliphatic rings. The van der Waals surface area contributed by atoms with Crippen molar-refractivity contribution in [2.24, 2.45) is 0 Å². The van der Waals surface area contributed by atoms with E-state index in [1.54, 1.807) is 11.9 Å². The maximum atomic E-state index is 12.2. The second-order valence-corrected chi connectivity index (χ2v) is 5.02. The van der Waals surface area contributed by atoms with E-state index < -0.39 is 18.6 Å². The third-order valence-corrected chi connectivity index (χ3v) is 2.82. The summed E-state index contributed by atoms with van der Waals surface area (Å²) in [6, 6.07) is 7.80. The fourth-order valence-corrected chi connectivity index (χ4v) is 1.77. The molecule has 0 aromatic heterocycles. The van der Waals surface area contributed by atoms with E-state index in [4.69, 9.17) is 0 Å². The minimum Gasteiger partial charge on any atom is -0.336 e. The van der Waals surface area contributed by atoms with Crippen LogP contribution in [0.2, 0.25) is 0 Å². The summed E-state index contributed by atoms with van der Waals surface area (Å²) in [5, 5.41) is 0. The monoisotopic (exact) mass is 288 g/mol. The van der Waals surface area contributed by atoms with Crippen LogP contribution < -0.4 is 0 Å². The molecule has 0 bridgehead atoms. The molecular formula is C14H19F3N2O. The quantitative estimate of drug-likeness (QED) is 0.831. The summed E-state index contributed by atoms with van der Waals surface area (Å²) in [6.45, 7) is 1.24. The number of likely N-dealkylation sites (N-methyl/N-ethyl adjacent to an activating group) is 2. The number of nitrogens with zero attached hydrogens (tertiary/aromatic N) is 2. The largest absolute Gasteiger partial charge is 0.406 e. The molecule has 1 aromatic carbocycles. The summed E-state index contributed by atoms with van der Waals surface area (Å²) in [5.41, 5.74) is 2.15. The van der Waals surface area contributed by atoms with Gasteiger partial charge in [-0.3, -0.25) is 9.69 Å². The van der Waals surface area contributed by atoms with Crippen molar-refractivity contribution >= 4 is 5.91 Å². The Hall–Kier alpha value is -1.56. The summed E-state index contributed by atoms with van der Waals surface area (Å²) < 4.78 is 36.5. The number of rotatable bonds is 5. The van der Waals surface area contributed by atoms with Gasteiger partial charge in [-0.15, -0.1) is 0 Å². The molecule has 0 spiro atoms. The van der Waals surface area contributed by atoms with Crippen LogP contribution in [-0.2, 0) is 11.3 Å². The summed E-state index contributed by atoms with van der Waals surface area (Å²) in [5.74, 6) is -0.545. The molecule has 1 amide bonds. The minimum atomic E-state index is -4.36. The Morgan fingerprint density at radius 2 is 1.70 bits per heavy atom. The average Bonchev–Trinajstić information content (AvgIpc) is 2.29. The Morgan fingerprint density at radius 1 is 1.15 bits per heavy atom. The molecule has 0 aliphatic carbocycles. The number of carbonyl (C=O) groups is 1. The van der Waals surface area contributed by atoms with E-state index in [0.717, 1.165) is 18.2 Å². The van der Waals surface area contributed by atoms with Gasteiger partial charge in [0, 0.05) is 13.6 Å². The van der Waals surface area contributed by atoms with Crippen molar-refractivity contribution in [1.29, 1.82) is 0 Å². The van der Waals surface area contributed by atoms with E-state index in [-0.39, 0.29) is 6.54 Å². The lowest BCUT2D eigenvalue weighted by Crippen LogP contribution is -2.41. The summed E-state index contributed by atoms with van der Waals surface area (Å²) in [4.78, 5) is 14.1. The zero-order chi connectivity index (χ0) is 15.3. The van der Waals surface area contributed by atoms with Gasteiger partial charge in [-0.25, -0.2) is 0 Å². The van der Waals surface area contributed by atoms with Crippen LogP contribution in [0.1, 0.15) is 11.1 Å². The number of benzene rings is 1. The van der Waals surface area contributed by atoms with Gasteiger partial charge in [0.25, 0.3) is 0 Å². The molecule has 0 radical (unpaired) electrons. The van der Waals surface area contributed by atoms with Crippen LogP contribution in [0.4, 0.5) is 13.2 Å². The van der Waals surface area contributed by atoms with Crippen LogP contribution in [0.15, 0.2) is 24.3 Å². The number of carbonyl (C=O) groups excluding carboxylic acids is 1. The molecule has 0 fully saturated rings. The maximum Gasteiger partial charge on any atom is 0.406 e. The lowest BCUT2D eigenvalue weighted by atomic mass is 10.1. The third-order valence-electron chi connectivity index (χ3n) is 2.82. The molecule has 0 aliphatic heterocycles. The highest BCUT2D eigenvalue weighted by atomic mass is 19.4. The second-order valence-electron chi connectivity index (χ2n) is 5.02. The lowest BCUT2D eigenvalue weighted by Gasteiger charge is -2.22. The van der Waals surface area contributed by atoms with Crippen molar-refractivity contribution in [2.45, 2.75) is 19.6 Å². The normalized spacial score (nSPS) is 11.8. The SMILES string of the molecule is Cc1ccc(CN(C)CC(=O)N(C)CC(F)(F)F)cc1. The number of aryl methyl sites for hydroxylation is 1. The van der Waals surface area contributed by atoms with Crippen molar-refractivity contribution in [1.82, 2.24) is 9.80 Å². The number of alkyl halides is 3. The van der Waals surface area contributed by atoms with Crippen LogP contribution >= 0.6 is 0 Å². The van der Waals surface area contributed by atoms with Gasteiger partial charge in [-0.2, -0.15) is 13.2 Å². The molecule has 20 heavy (non-hydrogen) atoms. The predicted molar refractivity (Wildman–Crippen MR) is 71.2 cm³/mol. The van der Waals surface area contributed by atoms with Gasteiger partial charge in [-0.1, -0.05) is 29.8 Å². The molecule has 0 unspecified atom stereocenters. The highest BCUT2D eigenvalue weighted by molar-refractivity contribution is 5.78. The Kier molecular flexibility index (Phi) is 5.56. The Balaban J connectivity index is 2.47. The van der Waals surface area contributed by atoms with Crippen molar-refractivity contribution in [3.8, 4) is 0 Å². The van der Waals surface area contributed by atoms with Gasteiger partial charge in [0.1, 0.15) is 6.54 Å². The Morgan fingerprint density at radius 3 is 2.20 bits per heavy atom. The predicted octanol–water partition coefficient (Wildman–Crippen LogP) is 2.45. The van der Waals surface area contributed by atoms with Crippen molar-refractivity contribution in [3.63, 3.8) is 0 Å². The first-order valence-corrected chi connectivity index (χ1v) is 6.22. The van der Waals surface area contributed by atoms with Gasteiger partial charge in [-0.05, 0) is 19.5 Å². The van der Waals surface area contributed by atoms with Gasteiger partial charge in [0.2, 0.25) is 5.91 Å². The molecule has 6 heteroatoms. The molecule has 1 rings (SSSR count). The first-order valence-electron chi connectivity index (χ1n) is 6.22. The van der Waals surface area contributed by atoms with E-state index in [1.165, 1.54) is 0 Å². The first-order chi connectivity index (χ1) is 9.17. The highest BCUT2D eigenvalue weighted by Crippen LogP contribution is 2.15. The molecule has 1 aromatic rings. The molecular weight excluding hydrogens is 269 g/mol. The van der Waals surface area contributed by atoms with Crippen molar-refractivity contribution in [2.75, 3.05) is 27.2 Å². The molecule has 0 atom stereocenters. The third kappa shape index (κ3) is 6.06. The van der Waals surface area contributed by atoms with E-state index in [0.29, 0.717) is 11.4 Å². The number of hydrogen-bond acceptors (Lipinski definition) is 2. The fraction of sp³-hybridized carbons (Fsp3) is 0.500. The Bertz CT molecular complexity index is 443. The van der Waals surface area contributed by atoms with Gasteiger partial charge < -0.3 is 4.90 Å². The van der Waals surface area contributed by atoms with Gasteiger partial charge in [0.05, 0.1) is 6.54 Å². The zero-order valence-corrected chi connectivity index (χ0v) is 11.9. The Labute approximate surface area is 117 Å². The van der Waals surface area contributed by atoms with Gasteiger partial charge >= 0.3 is 6.18 Å². The van der Waals surface area contributed by atoms with E-state index >= 15 is 0 Å². The standard InChI is InChI=1S/C14H19F3N2O/c1-11-4-6-12(7-5-11)8-18(2)9-13(20)19(3)10-14(15,16)17/h4-7H,8-10H2,1-3H3. The molecule has 112 valence electrons. The zero-order valence-electron chi connectivity index (χ0n) is 11.9. The van der Waals surface area contributed by atoms with E-state index in [9.17, 15) is 18.0 Å². The summed E-state index contributed by atoms with van der Waals surface area (Å²) in [7, 11) is 2.87.